The highest BCUT2D eigenvalue weighted by Crippen LogP contribution is 2.27. The van der Waals surface area contributed by atoms with Gasteiger partial charge in [0.1, 0.15) is 11.3 Å². The summed E-state index contributed by atoms with van der Waals surface area (Å²) >= 11 is 6.06. The number of carbonyl (C=O) groups is 1. The maximum Gasteiger partial charge on any atom is 0.261 e. The average Bonchev–Trinajstić information content (AvgIpc) is 3.20. The summed E-state index contributed by atoms with van der Waals surface area (Å²) in [4.78, 5) is 21.5. The van der Waals surface area contributed by atoms with Crippen LogP contribution in [-0.2, 0) is 15.4 Å². The summed E-state index contributed by atoms with van der Waals surface area (Å²) in [6.45, 7) is 6.14. The third kappa shape index (κ3) is 4.37. The number of rotatable bonds is 5. The zero-order valence-electron chi connectivity index (χ0n) is 17.7. The SMILES string of the molecule is CC(C)(C)c1ccc(S(=O)(=O)Nc2cc(Cl)cnc2C(=O)c2ccc3nccn3c2)cc1. The van der Waals surface area contributed by atoms with Crippen molar-refractivity contribution in [2.75, 3.05) is 4.72 Å². The normalized spacial score (nSPS) is 12.1. The van der Waals surface area contributed by atoms with Gasteiger partial charge >= 0.3 is 0 Å². The molecule has 0 saturated heterocycles. The maximum absolute atomic E-state index is 13.1. The first-order valence-corrected chi connectivity index (χ1v) is 11.7. The largest absolute Gasteiger partial charge is 0.306 e. The lowest BCUT2D eigenvalue weighted by molar-refractivity contribution is 0.103. The number of carbonyl (C=O) groups excluding carboxylic acids is 1. The molecule has 0 saturated carbocycles. The first kappa shape index (κ1) is 22.0. The smallest absolute Gasteiger partial charge is 0.261 e. The number of nitrogens with zero attached hydrogens (tertiary/aromatic N) is 3. The van der Waals surface area contributed by atoms with Crippen LogP contribution in [0.1, 0.15) is 42.4 Å². The Labute approximate surface area is 191 Å². The van der Waals surface area contributed by atoms with Crippen LogP contribution in [0.15, 0.2) is 72.1 Å². The number of halogens is 1. The number of sulfonamides is 1. The Balaban J connectivity index is 1.69. The van der Waals surface area contributed by atoms with Crippen molar-refractivity contribution in [3.63, 3.8) is 0 Å². The minimum Gasteiger partial charge on any atom is -0.306 e. The third-order valence-corrected chi connectivity index (χ3v) is 6.58. The molecule has 0 aliphatic carbocycles. The highest BCUT2D eigenvalue weighted by molar-refractivity contribution is 7.92. The monoisotopic (exact) mass is 468 g/mol. The maximum atomic E-state index is 13.1. The number of ketones is 1. The number of pyridine rings is 2. The zero-order chi connectivity index (χ0) is 23.1. The summed E-state index contributed by atoms with van der Waals surface area (Å²) in [5.41, 5.74) is 1.87. The fourth-order valence-corrected chi connectivity index (χ4v) is 4.44. The van der Waals surface area contributed by atoms with Gasteiger partial charge in [-0.15, -0.1) is 0 Å². The molecule has 0 fully saturated rings. The predicted octanol–water partition coefficient (Wildman–Crippen LogP) is 4.71. The van der Waals surface area contributed by atoms with Crippen LogP contribution < -0.4 is 4.72 Å². The Morgan fingerprint density at radius 1 is 1.06 bits per heavy atom. The average molecular weight is 469 g/mol. The van der Waals surface area contributed by atoms with Crippen LogP contribution in [-0.4, -0.2) is 28.6 Å². The van der Waals surface area contributed by atoms with Crippen LogP contribution >= 0.6 is 11.6 Å². The van der Waals surface area contributed by atoms with Crippen LogP contribution in [0.4, 0.5) is 5.69 Å². The van der Waals surface area contributed by atoms with Crippen molar-refractivity contribution in [3.8, 4) is 0 Å². The van der Waals surface area contributed by atoms with Gasteiger partial charge < -0.3 is 4.40 Å². The summed E-state index contributed by atoms with van der Waals surface area (Å²) in [6.07, 6.45) is 6.26. The Morgan fingerprint density at radius 2 is 1.78 bits per heavy atom. The summed E-state index contributed by atoms with van der Waals surface area (Å²) in [7, 11) is -3.97. The van der Waals surface area contributed by atoms with Gasteiger partial charge in [-0.3, -0.25) is 9.52 Å². The quantitative estimate of drug-likeness (QED) is 0.428. The van der Waals surface area contributed by atoms with E-state index in [1.165, 1.54) is 24.4 Å². The van der Waals surface area contributed by atoms with E-state index in [0.29, 0.717) is 11.2 Å². The third-order valence-electron chi connectivity index (χ3n) is 5.00. The van der Waals surface area contributed by atoms with E-state index in [1.54, 1.807) is 47.3 Å². The Kier molecular flexibility index (Phi) is 5.52. The van der Waals surface area contributed by atoms with E-state index in [4.69, 9.17) is 11.6 Å². The second-order valence-corrected chi connectivity index (χ2v) is 10.5. The number of imidazole rings is 1. The number of hydrogen-bond donors (Lipinski definition) is 1. The highest BCUT2D eigenvalue weighted by Gasteiger charge is 2.23. The minimum absolute atomic E-state index is 0.00752. The molecule has 4 aromatic rings. The van der Waals surface area contributed by atoms with Gasteiger partial charge in [0, 0.05) is 30.4 Å². The van der Waals surface area contributed by atoms with E-state index in [0.717, 1.165) is 5.56 Å². The number of fused-ring (bicyclic) bond motifs is 1. The fourth-order valence-electron chi connectivity index (χ4n) is 3.23. The lowest BCUT2D eigenvalue weighted by Gasteiger charge is -2.19. The van der Waals surface area contributed by atoms with E-state index in [-0.39, 0.29) is 26.7 Å². The molecule has 7 nitrogen and oxygen atoms in total. The zero-order valence-corrected chi connectivity index (χ0v) is 19.3. The molecule has 3 heterocycles. The molecule has 0 atom stereocenters. The molecular weight excluding hydrogens is 448 g/mol. The van der Waals surface area contributed by atoms with Crippen LogP contribution in [0.2, 0.25) is 5.02 Å². The molecule has 9 heteroatoms. The number of aromatic nitrogens is 3. The summed E-state index contributed by atoms with van der Waals surface area (Å²) in [6, 6.07) is 11.3. The molecule has 0 bridgehead atoms. The summed E-state index contributed by atoms with van der Waals surface area (Å²) in [5.74, 6) is -0.446. The first-order valence-electron chi connectivity index (χ1n) is 9.81. The number of nitrogens with one attached hydrogen (secondary N) is 1. The fraction of sp³-hybridized carbons (Fsp3) is 0.174. The Hall–Kier alpha value is -3.23. The second kappa shape index (κ2) is 8.03. The van der Waals surface area contributed by atoms with E-state index in [2.05, 4.69) is 14.7 Å². The van der Waals surface area contributed by atoms with Gasteiger partial charge in [-0.05, 0) is 41.3 Å². The topological polar surface area (TPSA) is 93.4 Å². The van der Waals surface area contributed by atoms with Crippen molar-refractivity contribution in [2.45, 2.75) is 31.1 Å². The number of benzene rings is 1. The van der Waals surface area contributed by atoms with Crippen molar-refractivity contribution in [2.24, 2.45) is 0 Å². The lowest BCUT2D eigenvalue weighted by Crippen LogP contribution is -2.18. The Bertz CT molecular complexity index is 1420. The molecule has 0 radical (unpaired) electrons. The molecule has 0 aliphatic heterocycles. The predicted molar refractivity (Wildman–Crippen MR) is 124 cm³/mol. The van der Waals surface area contributed by atoms with Gasteiger partial charge in [0.2, 0.25) is 5.78 Å². The van der Waals surface area contributed by atoms with Crippen molar-refractivity contribution in [3.05, 3.63) is 89.1 Å². The first-order chi connectivity index (χ1) is 15.0. The molecule has 0 aliphatic rings. The van der Waals surface area contributed by atoms with E-state index < -0.39 is 15.8 Å². The van der Waals surface area contributed by atoms with Crippen LogP contribution in [0, 0.1) is 0 Å². The summed E-state index contributed by atoms with van der Waals surface area (Å²) in [5, 5.41) is 0.201. The molecule has 0 unspecified atom stereocenters. The van der Waals surface area contributed by atoms with Crippen LogP contribution in [0.25, 0.3) is 5.65 Å². The van der Waals surface area contributed by atoms with Crippen molar-refractivity contribution in [1.82, 2.24) is 14.4 Å². The van der Waals surface area contributed by atoms with Crippen molar-refractivity contribution >= 4 is 38.7 Å². The molecule has 1 N–H and O–H groups in total. The van der Waals surface area contributed by atoms with E-state index >= 15 is 0 Å². The van der Waals surface area contributed by atoms with Gasteiger partial charge in [0.05, 0.1) is 15.6 Å². The molecule has 164 valence electrons. The van der Waals surface area contributed by atoms with Crippen molar-refractivity contribution < 1.29 is 13.2 Å². The lowest BCUT2D eigenvalue weighted by atomic mass is 9.87. The highest BCUT2D eigenvalue weighted by atomic mass is 35.5. The number of hydrogen-bond acceptors (Lipinski definition) is 5. The molecule has 32 heavy (non-hydrogen) atoms. The number of anilines is 1. The van der Waals surface area contributed by atoms with Crippen LogP contribution in [0.5, 0.6) is 0 Å². The van der Waals surface area contributed by atoms with Crippen LogP contribution in [0.3, 0.4) is 0 Å². The van der Waals surface area contributed by atoms with Gasteiger partial charge in [-0.25, -0.2) is 18.4 Å². The Morgan fingerprint density at radius 3 is 2.47 bits per heavy atom. The molecule has 0 amide bonds. The van der Waals surface area contributed by atoms with Gasteiger partial charge in [-0.1, -0.05) is 44.5 Å². The summed E-state index contributed by atoms with van der Waals surface area (Å²) < 4.78 is 30.2. The molecule has 3 aromatic heterocycles. The minimum atomic E-state index is -3.97. The van der Waals surface area contributed by atoms with E-state index in [9.17, 15) is 13.2 Å². The van der Waals surface area contributed by atoms with Gasteiger partial charge in [0.15, 0.2) is 0 Å². The molecular formula is C23H21ClN4O3S. The van der Waals surface area contributed by atoms with Gasteiger partial charge in [-0.2, -0.15) is 0 Å². The molecule has 4 rings (SSSR count). The van der Waals surface area contributed by atoms with E-state index in [1.807, 2.05) is 20.8 Å². The second-order valence-electron chi connectivity index (χ2n) is 8.37. The molecule has 0 spiro atoms. The van der Waals surface area contributed by atoms with Gasteiger partial charge in [0.25, 0.3) is 10.0 Å². The molecule has 1 aromatic carbocycles. The van der Waals surface area contributed by atoms with Crippen molar-refractivity contribution in [1.29, 1.82) is 0 Å². The standard InChI is InChI=1S/C23H21ClN4O3S/c1-23(2,3)16-5-7-18(8-6-16)32(30,31)27-19-12-17(24)13-26-21(19)22(29)15-4-9-20-25-10-11-28(20)14-15/h4-14,27H,1-3H3.